The van der Waals surface area contributed by atoms with E-state index in [9.17, 15) is 0 Å². The lowest BCUT2D eigenvalue weighted by Crippen LogP contribution is -1.85. The SMILES string of the molecule is Cc1cc(N=Cc2ccccc2I)ccc1I. The fraction of sp³-hybridized carbons (Fsp3) is 0.0714. The van der Waals surface area contributed by atoms with Gasteiger partial charge < -0.3 is 0 Å². The normalized spacial score (nSPS) is 11.0. The van der Waals surface area contributed by atoms with Crippen molar-refractivity contribution in [1.29, 1.82) is 0 Å². The highest BCUT2D eigenvalue weighted by Gasteiger charge is 1.96. The molecule has 0 radical (unpaired) electrons. The van der Waals surface area contributed by atoms with Crippen molar-refractivity contribution in [2.24, 2.45) is 4.99 Å². The van der Waals surface area contributed by atoms with E-state index in [1.165, 1.54) is 12.7 Å². The van der Waals surface area contributed by atoms with Crippen molar-refractivity contribution < 1.29 is 0 Å². The van der Waals surface area contributed by atoms with Crippen molar-refractivity contribution in [3.63, 3.8) is 0 Å². The predicted molar refractivity (Wildman–Crippen MR) is 90.3 cm³/mol. The maximum absolute atomic E-state index is 4.51. The highest BCUT2D eigenvalue weighted by molar-refractivity contribution is 14.1. The molecule has 0 spiro atoms. The Hall–Kier alpha value is -0.430. The van der Waals surface area contributed by atoms with Gasteiger partial charge in [-0.2, -0.15) is 0 Å². The van der Waals surface area contributed by atoms with E-state index >= 15 is 0 Å². The first-order chi connectivity index (χ1) is 8.16. The Kier molecular flexibility index (Phi) is 4.55. The van der Waals surface area contributed by atoms with E-state index in [2.05, 4.69) is 81.4 Å². The van der Waals surface area contributed by atoms with Crippen molar-refractivity contribution in [3.8, 4) is 0 Å². The van der Waals surface area contributed by atoms with Gasteiger partial charge in [-0.3, -0.25) is 4.99 Å². The first-order valence-corrected chi connectivity index (χ1v) is 7.37. The standard InChI is InChI=1S/C14H11I2N/c1-10-8-12(6-7-13(10)15)17-9-11-4-2-3-5-14(11)16/h2-9H,1H3. The molecule has 1 nitrogen and oxygen atoms in total. The third-order valence-electron chi connectivity index (χ3n) is 2.40. The lowest BCUT2D eigenvalue weighted by Gasteiger charge is -2.00. The Morgan fingerprint density at radius 1 is 1.00 bits per heavy atom. The highest BCUT2D eigenvalue weighted by Crippen LogP contribution is 2.19. The van der Waals surface area contributed by atoms with E-state index in [4.69, 9.17) is 0 Å². The Morgan fingerprint density at radius 2 is 1.76 bits per heavy atom. The van der Waals surface area contributed by atoms with Gasteiger partial charge in [-0.1, -0.05) is 18.2 Å². The zero-order valence-corrected chi connectivity index (χ0v) is 13.6. The molecule has 0 bridgehead atoms. The van der Waals surface area contributed by atoms with Gasteiger partial charge in [-0.15, -0.1) is 0 Å². The van der Waals surface area contributed by atoms with E-state index in [-0.39, 0.29) is 0 Å². The molecule has 0 N–H and O–H groups in total. The second-order valence-electron chi connectivity index (χ2n) is 3.71. The summed E-state index contributed by atoms with van der Waals surface area (Å²) < 4.78 is 2.49. The smallest absolute Gasteiger partial charge is 0.0633 e. The molecule has 17 heavy (non-hydrogen) atoms. The van der Waals surface area contributed by atoms with Gasteiger partial charge in [-0.05, 0) is 81.9 Å². The molecule has 0 fully saturated rings. The van der Waals surface area contributed by atoms with Gasteiger partial charge in [0.1, 0.15) is 0 Å². The van der Waals surface area contributed by atoms with Gasteiger partial charge in [0, 0.05) is 18.9 Å². The molecule has 2 aromatic carbocycles. The summed E-state index contributed by atoms with van der Waals surface area (Å²) in [6.45, 7) is 2.10. The van der Waals surface area contributed by atoms with Crippen molar-refractivity contribution in [2.75, 3.05) is 0 Å². The van der Waals surface area contributed by atoms with Crippen LogP contribution in [-0.2, 0) is 0 Å². The zero-order chi connectivity index (χ0) is 12.3. The van der Waals surface area contributed by atoms with Crippen molar-refractivity contribution in [2.45, 2.75) is 6.92 Å². The minimum atomic E-state index is 1.00. The number of benzene rings is 2. The monoisotopic (exact) mass is 447 g/mol. The number of hydrogen-bond acceptors (Lipinski definition) is 1. The average Bonchev–Trinajstić information content (AvgIpc) is 2.32. The summed E-state index contributed by atoms with van der Waals surface area (Å²) in [5, 5.41) is 0. The Bertz CT molecular complexity index is 562. The van der Waals surface area contributed by atoms with Gasteiger partial charge in [-0.25, -0.2) is 0 Å². The number of nitrogens with zero attached hydrogens (tertiary/aromatic N) is 1. The first kappa shape index (κ1) is 13.0. The van der Waals surface area contributed by atoms with Gasteiger partial charge >= 0.3 is 0 Å². The molecule has 0 atom stereocenters. The quantitative estimate of drug-likeness (QED) is 0.457. The summed E-state index contributed by atoms with van der Waals surface area (Å²) in [5.74, 6) is 0. The Morgan fingerprint density at radius 3 is 2.47 bits per heavy atom. The molecule has 2 aromatic rings. The molecule has 0 unspecified atom stereocenters. The van der Waals surface area contributed by atoms with Crippen molar-refractivity contribution >= 4 is 57.1 Å². The molecule has 0 saturated carbocycles. The largest absolute Gasteiger partial charge is 0.256 e. The van der Waals surface area contributed by atoms with Gasteiger partial charge in [0.25, 0.3) is 0 Å². The molecule has 0 aliphatic carbocycles. The summed E-state index contributed by atoms with van der Waals surface area (Å²) in [5.41, 5.74) is 3.43. The van der Waals surface area contributed by atoms with Crippen LogP contribution in [0.5, 0.6) is 0 Å². The molecule has 0 heterocycles. The lowest BCUT2D eigenvalue weighted by atomic mass is 10.2. The second-order valence-corrected chi connectivity index (χ2v) is 6.04. The molecular weight excluding hydrogens is 436 g/mol. The van der Waals surface area contributed by atoms with Crippen LogP contribution in [-0.4, -0.2) is 6.21 Å². The highest BCUT2D eigenvalue weighted by atomic mass is 127. The zero-order valence-electron chi connectivity index (χ0n) is 9.32. The first-order valence-electron chi connectivity index (χ1n) is 5.21. The minimum absolute atomic E-state index is 1.00. The molecule has 0 aliphatic heterocycles. The maximum Gasteiger partial charge on any atom is 0.0633 e. The number of aliphatic imine (C=N–C) groups is 1. The summed E-state index contributed by atoms with van der Waals surface area (Å²) in [4.78, 5) is 4.51. The van der Waals surface area contributed by atoms with Crippen molar-refractivity contribution in [1.82, 2.24) is 0 Å². The fourth-order valence-electron chi connectivity index (χ4n) is 1.43. The van der Waals surface area contributed by atoms with Crippen LogP contribution in [0.4, 0.5) is 5.69 Å². The number of rotatable bonds is 2. The predicted octanol–water partition coefficient (Wildman–Crippen LogP) is 4.95. The fourth-order valence-corrected chi connectivity index (χ4v) is 2.30. The van der Waals surface area contributed by atoms with Crippen LogP contribution in [0, 0.1) is 14.1 Å². The van der Waals surface area contributed by atoms with Crippen LogP contribution in [0.25, 0.3) is 0 Å². The second kappa shape index (κ2) is 5.95. The van der Waals surface area contributed by atoms with Gasteiger partial charge in [0.05, 0.1) is 5.69 Å². The number of halogens is 2. The van der Waals surface area contributed by atoms with Crippen LogP contribution in [0.3, 0.4) is 0 Å². The summed E-state index contributed by atoms with van der Waals surface area (Å²) in [6.07, 6.45) is 1.92. The van der Waals surface area contributed by atoms with Crippen LogP contribution in [0.15, 0.2) is 47.5 Å². The van der Waals surface area contributed by atoms with Crippen LogP contribution in [0.1, 0.15) is 11.1 Å². The molecule has 86 valence electrons. The Balaban J connectivity index is 2.26. The van der Waals surface area contributed by atoms with Crippen LogP contribution in [0.2, 0.25) is 0 Å². The third kappa shape index (κ3) is 3.51. The topological polar surface area (TPSA) is 12.4 Å². The average molecular weight is 447 g/mol. The molecule has 2 rings (SSSR count). The molecule has 0 saturated heterocycles. The van der Waals surface area contributed by atoms with Crippen LogP contribution >= 0.6 is 45.2 Å². The van der Waals surface area contributed by atoms with E-state index in [0.29, 0.717) is 0 Å². The van der Waals surface area contributed by atoms with Crippen LogP contribution < -0.4 is 0 Å². The van der Waals surface area contributed by atoms with E-state index in [1.807, 2.05) is 24.4 Å². The lowest BCUT2D eigenvalue weighted by molar-refractivity contribution is 1.40. The van der Waals surface area contributed by atoms with Crippen molar-refractivity contribution in [3.05, 3.63) is 60.7 Å². The minimum Gasteiger partial charge on any atom is -0.256 e. The molecule has 0 amide bonds. The number of aryl methyl sites for hydroxylation is 1. The Labute approximate surface area is 129 Å². The maximum atomic E-state index is 4.51. The molecule has 0 aromatic heterocycles. The van der Waals surface area contributed by atoms with E-state index < -0.39 is 0 Å². The van der Waals surface area contributed by atoms with E-state index in [1.54, 1.807) is 0 Å². The summed E-state index contributed by atoms with van der Waals surface area (Å²) in [6, 6.07) is 14.5. The van der Waals surface area contributed by atoms with Gasteiger partial charge in [0.15, 0.2) is 0 Å². The molecular formula is C14H11I2N. The molecule has 0 aliphatic rings. The number of hydrogen-bond donors (Lipinski definition) is 0. The van der Waals surface area contributed by atoms with Gasteiger partial charge in [0.2, 0.25) is 0 Å². The summed E-state index contributed by atoms with van der Waals surface area (Å²) >= 11 is 4.66. The molecule has 3 heteroatoms. The third-order valence-corrected chi connectivity index (χ3v) is 4.59. The van der Waals surface area contributed by atoms with E-state index in [0.717, 1.165) is 11.3 Å². The summed E-state index contributed by atoms with van der Waals surface area (Å²) in [7, 11) is 0.